The minimum absolute atomic E-state index is 0.0666. The van der Waals surface area contributed by atoms with Crippen LogP contribution in [0.4, 0.5) is 5.69 Å². The summed E-state index contributed by atoms with van der Waals surface area (Å²) in [5.41, 5.74) is 2.87. The maximum Gasteiger partial charge on any atom is 0.266 e. The van der Waals surface area contributed by atoms with E-state index in [1.807, 2.05) is 37.3 Å². The number of carbonyl (C=O) groups is 1. The Labute approximate surface area is 200 Å². The Morgan fingerprint density at radius 3 is 2.59 bits per heavy atom. The maximum atomic E-state index is 12.7. The zero-order valence-corrected chi connectivity index (χ0v) is 19.8. The van der Waals surface area contributed by atoms with Gasteiger partial charge >= 0.3 is 0 Å². The summed E-state index contributed by atoms with van der Waals surface area (Å²) in [6.45, 7) is 2.16. The molecule has 0 aliphatic carbocycles. The summed E-state index contributed by atoms with van der Waals surface area (Å²) in [4.78, 5) is 12.7. The monoisotopic (exact) mass is 510 g/mol. The van der Waals surface area contributed by atoms with Crippen LogP contribution in [0.1, 0.15) is 16.7 Å². The minimum Gasteiger partial charge on any atom is -0.497 e. The summed E-state index contributed by atoms with van der Waals surface area (Å²) in [6, 6.07) is 20.1. The van der Waals surface area contributed by atoms with Gasteiger partial charge in [0.1, 0.15) is 29.7 Å². The lowest BCUT2D eigenvalue weighted by Gasteiger charge is -2.12. The second kappa shape index (κ2) is 10.9. The van der Waals surface area contributed by atoms with E-state index >= 15 is 0 Å². The molecule has 0 spiro atoms. The van der Waals surface area contributed by atoms with Crippen LogP contribution in [0.25, 0.3) is 6.08 Å². The standard InChI is InChI=1S/C25H20BrClN2O3/c1-16-3-9-21(27)12-23(16)29-25(30)19(14-28)11-18-6-10-22(31-2)13-24(18)32-15-17-4-7-20(26)8-5-17/h3-13H,15H2,1-2H3,(H,29,30)/b19-11+. The van der Waals surface area contributed by atoms with Crippen LogP contribution in [0.15, 0.2) is 70.7 Å². The van der Waals surface area contributed by atoms with Crippen molar-refractivity contribution in [2.75, 3.05) is 12.4 Å². The van der Waals surface area contributed by atoms with E-state index in [0.717, 1.165) is 15.6 Å². The first-order chi connectivity index (χ1) is 15.4. The van der Waals surface area contributed by atoms with Crippen molar-refractivity contribution in [1.82, 2.24) is 0 Å². The number of methoxy groups -OCH3 is 1. The normalized spacial score (nSPS) is 10.9. The number of ether oxygens (including phenoxy) is 2. The number of anilines is 1. The molecule has 1 amide bonds. The molecule has 3 aromatic rings. The van der Waals surface area contributed by atoms with E-state index in [1.54, 1.807) is 43.5 Å². The van der Waals surface area contributed by atoms with Gasteiger partial charge < -0.3 is 14.8 Å². The molecule has 0 saturated heterocycles. The van der Waals surface area contributed by atoms with E-state index in [-0.39, 0.29) is 5.57 Å². The molecule has 3 rings (SSSR count). The molecule has 0 radical (unpaired) electrons. The van der Waals surface area contributed by atoms with Crippen molar-refractivity contribution in [2.24, 2.45) is 0 Å². The lowest BCUT2D eigenvalue weighted by atomic mass is 10.1. The van der Waals surface area contributed by atoms with Crippen LogP contribution < -0.4 is 14.8 Å². The topological polar surface area (TPSA) is 71.3 Å². The number of halogens is 2. The van der Waals surface area contributed by atoms with Crippen LogP contribution in [-0.2, 0) is 11.4 Å². The summed E-state index contributed by atoms with van der Waals surface area (Å²) in [5, 5.41) is 12.8. The van der Waals surface area contributed by atoms with Gasteiger partial charge in [-0.05, 0) is 60.5 Å². The van der Waals surface area contributed by atoms with Gasteiger partial charge in [0.25, 0.3) is 5.91 Å². The number of nitrogens with one attached hydrogen (secondary N) is 1. The minimum atomic E-state index is -0.535. The molecule has 0 bridgehead atoms. The predicted molar refractivity (Wildman–Crippen MR) is 130 cm³/mol. The van der Waals surface area contributed by atoms with Crippen LogP contribution >= 0.6 is 27.5 Å². The van der Waals surface area contributed by atoms with Crippen LogP contribution in [0.2, 0.25) is 5.02 Å². The number of aryl methyl sites for hydroxylation is 1. The molecule has 0 heterocycles. The average Bonchev–Trinajstić information content (AvgIpc) is 2.79. The zero-order chi connectivity index (χ0) is 23.1. The van der Waals surface area contributed by atoms with E-state index in [1.165, 1.54) is 6.08 Å². The van der Waals surface area contributed by atoms with Gasteiger partial charge in [-0.1, -0.05) is 45.7 Å². The summed E-state index contributed by atoms with van der Waals surface area (Å²) in [5.74, 6) is 0.560. The van der Waals surface area contributed by atoms with Gasteiger partial charge in [-0.25, -0.2) is 0 Å². The molecule has 0 unspecified atom stereocenters. The van der Waals surface area contributed by atoms with Crippen LogP contribution in [0.3, 0.4) is 0 Å². The third-order valence-electron chi connectivity index (χ3n) is 4.64. The van der Waals surface area contributed by atoms with Crippen molar-refractivity contribution >= 4 is 45.2 Å². The summed E-state index contributed by atoms with van der Waals surface area (Å²) in [7, 11) is 1.56. The first-order valence-corrected chi connectivity index (χ1v) is 10.8. The number of hydrogen-bond donors (Lipinski definition) is 1. The smallest absolute Gasteiger partial charge is 0.266 e. The lowest BCUT2D eigenvalue weighted by Crippen LogP contribution is -2.14. The second-order valence-electron chi connectivity index (χ2n) is 6.90. The van der Waals surface area contributed by atoms with E-state index in [0.29, 0.717) is 34.4 Å². The number of amides is 1. The highest BCUT2D eigenvalue weighted by Crippen LogP contribution is 2.28. The summed E-state index contributed by atoms with van der Waals surface area (Å²) in [6.07, 6.45) is 1.49. The summed E-state index contributed by atoms with van der Waals surface area (Å²) >= 11 is 9.44. The Morgan fingerprint density at radius 2 is 1.91 bits per heavy atom. The highest BCUT2D eigenvalue weighted by Gasteiger charge is 2.14. The van der Waals surface area contributed by atoms with E-state index < -0.39 is 5.91 Å². The van der Waals surface area contributed by atoms with Crippen molar-refractivity contribution in [1.29, 1.82) is 5.26 Å². The molecule has 3 aromatic carbocycles. The van der Waals surface area contributed by atoms with Crippen molar-refractivity contribution in [3.05, 3.63) is 92.4 Å². The molecule has 162 valence electrons. The fourth-order valence-corrected chi connectivity index (χ4v) is 3.29. The van der Waals surface area contributed by atoms with Gasteiger partial charge in [0.15, 0.2) is 0 Å². The molecular formula is C25H20BrClN2O3. The van der Waals surface area contributed by atoms with Crippen molar-refractivity contribution < 1.29 is 14.3 Å². The van der Waals surface area contributed by atoms with Gasteiger partial charge in [0.2, 0.25) is 0 Å². The molecular weight excluding hydrogens is 492 g/mol. The highest BCUT2D eigenvalue weighted by molar-refractivity contribution is 9.10. The Balaban J connectivity index is 1.87. The fourth-order valence-electron chi connectivity index (χ4n) is 2.85. The molecule has 0 aliphatic heterocycles. The molecule has 0 saturated carbocycles. The SMILES string of the molecule is COc1ccc(/C=C(\C#N)C(=O)Nc2cc(Cl)ccc2C)c(OCc2ccc(Br)cc2)c1. The van der Waals surface area contributed by atoms with Gasteiger partial charge in [-0.3, -0.25) is 4.79 Å². The number of rotatable bonds is 7. The number of carbonyl (C=O) groups excluding carboxylic acids is 1. The van der Waals surface area contributed by atoms with Gasteiger partial charge in [0.05, 0.1) is 7.11 Å². The molecule has 0 aromatic heterocycles. The first-order valence-electron chi connectivity index (χ1n) is 9.64. The molecule has 0 atom stereocenters. The molecule has 0 fully saturated rings. The highest BCUT2D eigenvalue weighted by atomic mass is 79.9. The molecule has 5 nitrogen and oxygen atoms in total. The zero-order valence-electron chi connectivity index (χ0n) is 17.5. The molecule has 7 heteroatoms. The third kappa shape index (κ3) is 6.13. The van der Waals surface area contributed by atoms with Gasteiger partial charge in [-0.15, -0.1) is 0 Å². The molecule has 1 N–H and O–H groups in total. The van der Waals surface area contributed by atoms with Crippen molar-refractivity contribution in [2.45, 2.75) is 13.5 Å². The number of hydrogen-bond acceptors (Lipinski definition) is 4. The second-order valence-corrected chi connectivity index (χ2v) is 8.25. The number of nitriles is 1. The van der Waals surface area contributed by atoms with Gasteiger partial charge in [-0.2, -0.15) is 5.26 Å². The van der Waals surface area contributed by atoms with Crippen molar-refractivity contribution in [3.63, 3.8) is 0 Å². The van der Waals surface area contributed by atoms with Crippen LogP contribution in [0, 0.1) is 18.3 Å². The lowest BCUT2D eigenvalue weighted by molar-refractivity contribution is -0.112. The maximum absolute atomic E-state index is 12.7. The molecule has 0 aliphatic rings. The van der Waals surface area contributed by atoms with E-state index in [4.69, 9.17) is 21.1 Å². The van der Waals surface area contributed by atoms with Crippen LogP contribution in [0.5, 0.6) is 11.5 Å². The molecule has 32 heavy (non-hydrogen) atoms. The number of benzene rings is 3. The van der Waals surface area contributed by atoms with Gasteiger partial charge in [0, 0.05) is 26.8 Å². The average molecular weight is 512 g/mol. The Hall–Kier alpha value is -3.27. The van der Waals surface area contributed by atoms with Crippen molar-refractivity contribution in [3.8, 4) is 17.6 Å². The Kier molecular flexibility index (Phi) is 7.93. The Bertz CT molecular complexity index is 1200. The Morgan fingerprint density at radius 1 is 1.16 bits per heavy atom. The van der Waals surface area contributed by atoms with E-state index in [2.05, 4.69) is 21.2 Å². The fraction of sp³-hybridized carbons (Fsp3) is 0.120. The summed E-state index contributed by atoms with van der Waals surface area (Å²) < 4.78 is 12.3. The first kappa shape index (κ1) is 23.4. The third-order valence-corrected chi connectivity index (χ3v) is 5.40. The number of nitrogens with zero attached hydrogens (tertiary/aromatic N) is 1. The quantitative estimate of drug-likeness (QED) is 0.289. The van der Waals surface area contributed by atoms with Crippen LogP contribution in [-0.4, -0.2) is 13.0 Å². The van der Waals surface area contributed by atoms with E-state index in [9.17, 15) is 10.1 Å². The predicted octanol–water partition coefficient (Wildman–Crippen LogP) is 6.54. The largest absolute Gasteiger partial charge is 0.497 e.